The van der Waals surface area contributed by atoms with Gasteiger partial charge in [-0.15, -0.1) is 0 Å². The molecule has 0 aliphatic heterocycles. The van der Waals surface area contributed by atoms with Crippen molar-refractivity contribution >= 4 is 8.32 Å². The van der Waals surface area contributed by atoms with E-state index in [1.807, 2.05) is 13.0 Å². The third kappa shape index (κ3) is 5.41. The molecule has 3 heteroatoms. The van der Waals surface area contributed by atoms with Crippen LogP contribution >= 0.6 is 0 Å². The minimum Gasteiger partial charge on any atom is -0.547 e. The Hall–Kier alpha value is -0.753. The largest absolute Gasteiger partial charge is 0.547 e. The zero-order chi connectivity index (χ0) is 13.7. The van der Waals surface area contributed by atoms with Crippen LogP contribution in [0.2, 0.25) is 18.1 Å². The van der Waals surface area contributed by atoms with Crippen molar-refractivity contribution in [1.29, 1.82) is 5.26 Å². The lowest BCUT2D eigenvalue weighted by atomic mass is 10.1. The van der Waals surface area contributed by atoms with Crippen molar-refractivity contribution in [1.82, 2.24) is 0 Å². The first-order valence-electron chi connectivity index (χ1n) is 6.41. The van der Waals surface area contributed by atoms with E-state index in [1.165, 1.54) is 0 Å². The van der Waals surface area contributed by atoms with Gasteiger partial charge in [-0.2, -0.15) is 5.26 Å². The van der Waals surface area contributed by atoms with E-state index in [4.69, 9.17) is 9.69 Å². The van der Waals surface area contributed by atoms with Crippen LogP contribution in [-0.2, 0) is 4.43 Å². The first-order chi connectivity index (χ1) is 7.64. The second-order valence-corrected chi connectivity index (χ2v) is 10.9. The summed E-state index contributed by atoms with van der Waals surface area (Å²) in [6.07, 6.45) is 3.92. The molecule has 0 aromatic rings. The molecular weight excluding hydrogens is 226 g/mol. The summed E-state index contributed by atoms with van der Waals surface area (Å²) in [4.78, 5) is 0. The smallest absolute Gasteiger partial charge is 0.250 e. The van der Waals surface area contributed by atoms with E-state index in [9.17, 15) is 0 Å². The average molecular weight is 253 g/mol. The molecule has 0 saturated heterocycles. The van der Waals surface area contributed by atoms with Crippen LogP contribution in [0.3, 0.4) is 0 Å². The van der Waals surface area contributed by atoms with Crippen molar-refractivity contribution in [2.75, 3.05) is 0 Å². The molecule has 0 spiro atoms. The number of nitriles is 1. The average Bonchev–Trinajstić information content (AvgIpc) is 2.14. The van der Waals surface area contributed by atoms with Gasteiger partial charge in [0.25, 0.3) is 0 Å². The molecule has 1 atom stereocenters. The molecule has 0 saturated carbocycles. The molecule has 0 aromatic heterocycles. The summed E-state index contributed by atoms with van der Waals surface area (Å²) in [7, 11) is -1.75. The van der Waals surface area contributed by atoms with Crippen LogP contribution in [0.4, 0.5) is 0 Å². The monoisotopic (exact) mass is 253 g/mol. The van der Waals surface area contributed by atoms with E-state index in [1.54, 1.807) is 0 Å². The van der Waals surface area contributed by atoms with Crippen LogP contribution < -0.4 is 0 Å². The van der Waals surface area contributed by atoms with Crippen LogP contribution in [0.25, 0.3) is 0 Å². The molecule has 0 aliphatic rings. The van der Waals surface area contributed by atoms with E-state index in [0.717, 1.165) is 18.6 Å². The maximum absolute atomic E-state index is 9.03. The third-order valence-corrected chi connectivity index (χ3v) is 7.87. The van der Waals surface area contributed by atoms with Crippen LogP contribution in [-0.4, -0.2) is 8.32 Å². The quantitative estimate of drug-likeness (QED) is 0.518. The summed E-state index contributed by atoms with van der Waals surface area (Å²) < 4.78 is 6.13. The Balaban J connectivity index is 4.69. The van der Waals surface area contributed by atoms with Gasteiger partial charge in [0.1, 0.15) is 0 Å². The number of rotatable bonds is 5. The molecule has 0 fully saturated rings. The van der Waals surface area contributed by atoms with E-state index in [2.05, 4.69) is 46.9 Å². The predicted octanol–water partition coefficient (Wildman–Crippen LogP) is 4.85. The van der Waals surface area contributed by atoms with Crippen molar-refractivity contribution in [3.05, 3.63) is 11.8 Å². The lowest BCUT2D eigenvalue weighted by molar-refractivity contribution is 0.381. The molecule has 0 bridgehead atoms. The highest BCUT2D eigenvalue weighted by atomic mass is 28.4. The number of allylic oxidation sites excluding steroid dienone is 2. The third-order valence-electron chi connectivity index (χ3n) is 3.42. The molecular formula is C14H27NOSi. The number of hydrogen-bond acceptors (Lipinski definition) is 2. The highest BCUT2D eigenvalue weighted by molar-refractivity contribution is 6.74. The standard InChI is InChI=1S/C14H27NOSi/c1-8-9-13(11-15)10-12(2)16-17(6,7)14(3,4)5/h10,13H,8-9H2,1-7H3/b12-10+. The summed E-state index contributed by atoms with van der Waals surface area (Å²) in [6.45, 7) is 15.2. The lowest BCUT2D eigenvalue weighted by Gasteiger charge is -2.36. The molecule has 0 amide bonds. The summed E-state index contributed by atoms with van der Waals surface area (Å²) in [5.74, 6) is 0.904. The zero-order valence-corrected chi connectivity index (χ0v) is 13.4. The minimum atomic E-state index is -1.75. The molecule has 0 rings (SSSR count). The first-order valence-corrected chi connectivity index (χ1v) is 9.32. The molecule has 1 unspecified atom stereocenters. The van der Waals surface area contributed by atoms with Gasteiger partial charge < -0.3 is 4.43 Å². The van der Waals surface area contributed by atoms with Crippen LogP contribution in [0.5, 0.6) is 0 Å². The number of hydrogen-bond donors (Lipinski definition) is 0. The Morgan fingerprint density at radius 1 is 1.41 bits per heavy atom. The number of nitrogens with zero attached hydrogens (tertiary/aromatic N) is 1. The second-order valence-electron chi connectivity index (χ2n) is 6.16. The van der Waals surface area contributed by atoms with Gasteiger partial charge in [-0.25, -0.2) is 0 Å². The lowest BCUT2D eigenvalue weighted by Crippen LogP contribution is -2.40. The van der Waals surface area contributed by atoms with Crippen LogP contribution in [0, 0.1) is 17.2 Å². The topological polar surface area (TPSA) is 33.0 Å². The van der Waals surface area contributed by atoms with Gasteiger partial charge in [-0.05, 0) is 37.6 Å². The fraction of sp³-hybridized carbons (Fsp3) is 0.786. The predicted molar refractivity (Wildman–Crippen MR) is 76.1 cm³/mol. The maximum Gasteiger partial charge on any atom is 0.250 e. The van der Waals surface area contributed by atoms with Crippen molar-refractivity contribution in [2.45, 2.75) is 65.6 Å². The van der Waals surface area contributed by atoms with Crippen molar-refractivity contribution < 1.29 is 4.43 Å². The zero-order valence-electron chi connectivity index (χ0n) is 12.4. The van der Waals surface area contributed by atoms with E-state index >= 15 is 0 Å². The van der Waals surface area contributed by atoms with Gasteiger partial charge in [0.15, 0.2) is 0 Å². The Bertz CT molecular complexity index is 307. The van der Waals surface area contributed by atoms with Gasteiger partial charge in [-0.3, -0.25) is 0 Å². The van der Waals surface area contributed by atoms with Gasteiger partial charge >= 0.3 is 0 Å². The normalized spacial score (nSPS) is 15.3. The minimum absolute atomic E-state index is 0.00947. The van der Waals surface area contributed by atoms with Crippen molar-refractivity contribution in [3.8, 4) is 6.07 Å². The van der Waals surface area contributed by atoms with Crippen LogP contribution in [0.15, 0.2) is 11.8 Å². The summed E-state index contributed by atoms with van der Waals surface area (Å²) in [5.41, 5.74) is 0. The van der Waals surface area contributed by atoms with Gasteiger partial charge in [0.2, 0.25) is 8.32 Å². The summed E-state index contributed by atoms with van der Waals surface area (Å²) >= 11 is 0. The highest BCUT2D eigenvalue weighted by Crippen LogP contribution is 2.37. The van der Waals surface area contributed by atoms with E-state index in [0.29, 0.717) is 0 Å². The second kappa shape index (κ2) is 6.25. The fourth-order valence-corrected chi connectivity index (χ4v) is 2.55. The van der Waals surface area contributed by atoms with E-state index in [-0.39, 0.29) is 11.0 Å². The molecule has 2 nitrogen and oxygen atoms in total. The fourth-order valence-electron chi connectivity index (χ4n) is 1.37. The van der Waals surface area contributed by atoms with Gasteiger partial charge in [0, 0.05) is 0 Å². The van der Waals surface area contributed by atoms with Gasteiger partial charge in [-0.1, -0.05) is 34.1 Å². The Labute approximate surface area is 108 Å². The maximum atomic E-state index is 9.03. The Morgan fingerprint density at radius 2 is 1.94 bits per heavy atom. The Morgan fingerprint density at radius 3 is 2.29 bits per heavy atom. The van der Waals surface area contributed by atoms with Gasteiger partial charge in [0.05, 0.1) is 17.7 Å². The highest BCUT2D eigenvalue weighted by Gasteiger charge is 2.38. The Kier molecular flexibility index (Phi) is 5.98. The molecule has 0 aliphatic carbocycles. The summed E-state index contributed by atoms with van der Waals surface area (Å²) in [6, 6.07) is 2.32. The van der Waals surface area contributed by atoms with Crippen LogP contribution in [0.1, 0.15) is 47.5 Å². The molecule has 98 valence electrons. The summed E-state index contributed by atoms with van der Waals surface area (Å²) in [5, 5.41) is 9.23. The molecule has 0 radical (unpaired) electrons. The molecule has 17 heavy (non-hydrogen) atoms. The van der Waals surface area contributed by atoms with Crippen molar-refractivity contribution in [2.24, 2.45) is 5.92 Å². The molecule has 0 aromatic carbocycles. The molecule has 0 N–H and O–H groups in total. The van der Waals surface area contributed by atoms with Crippen molar-refractivity contribution in [3.63, 3.8) is 0 Å². The molecule has 0 heterocycles. The van der Waals surface area contributed by atoms with E-state index < -0.39 is 8.32 Å². The first kappa shape index (κ1) is 16.2. The SMILES string of the molecule is CCCC(C#N)/C=C(\C)O[Si](C)(C)C(C)(C)C.